The van der Waals surface area contributed by atoms with Gasteiger partial charge in [-0.05, 0) is 44.0 Å². The number of carbonyl (C=O) groups excluding carboxylic acids is 1. The zero-order valence-corrected chi connectivity index (χ0v) is 11.9. The van der Waals surface area contributed by atoms with Crippen molar-refractivity contribution >= 4 is 11.7 Å². The first-order valence-corrected chi connectivity index (χ1v) is 7.15. The summed E-state index contributed by atoms with van der Waals surface area (Å²) in [4.78, 5) is 13.7. The smallest absolute Gasteiger partial charge is 0.340 e. The summed E-state index contributed by atoms with van der Waals surface area (Å²) in [5, 5.41) is 3.10. The van der Waals surface area contributed by atoms with Crippen molar-refractivity contribution in [1.82, 2.24) is 4.90 Å². The van der Waals surface area contributed by atoms with Crippen molar-refractivity contribution in [2.75, 3.05) is 32.1 Å². The molecule has 3 fully saturated rings. The van der Waals surface area contributed by atoms with Gasteiger partial charge in [0.1, 0.15) is 0 Å². The SMILES string of the molecule is COC(=O)c1ccc(NC2CN3CCC2CC3)c(F)c1F. The Morgan fingerprint density at radius 3 is 2.57 bits per heavy atom. The zero-order chi connectivity index (χ0) is 15.0. The highest BCUT2D eigenvalue weighted by Gasteiger charge is 2.34. The summed E-state index contributed by atoms with van der Waals surface area (Å²) in [6.45, 7) is 3.02. The normalized spacial score (nSPS) is 27.5. The van der Waals surface area contributed by atoms with E-state index >= 15 is 0 Å². The van der Waals surface area contributed by atoms with Gasteiger partial charge in [0.25, 0.3) is 0 Å². The highest BCUT2D eigenvalue weighted by atomic mass is 19.2. The van der Waals surface area contributed by atoms with Gasteiger partial charge in [0.15, 0.2) is 11.6 Å². The van der Waals surface area contributed by atoms with E-state index in [1.54, 1.807) is 0 Å². The Balaban J connectivity index is 1.80. The van der Waals surface area contributed by atoms with E-state index in [9.17, 15) is 13.6 Å². The third-order valence-corrected chi connectivity index (χ3v) is 4.48. The van der Waals surface area contributed by atoms with Crippen molar-refractivity contribution in [3.8, 4) is 0 Å². The summed E-state index contributed by atoms with van der Waals surface area (Å²) >= 11 is 0. The molecule has 0 radical (unpaired) electrons. The average molecular weight is 296 g/mol. The standard InChI is InChI=1S/C15H18F2N2O2/c1-21-15(20)10-2-3-11(14(17)13(10)16)18-12-8-19-6-4-9(12)5-7-19/h2-3,9,12,18H,4-8H2,1H3. The monoisotopic (exact) mass is 296 g/mol. The molecule has 2 bridgehead atoms. The Morgan fingerprint density at radius 2 is 2.00 bits per heavy atom. The zero-order valence-electron chi connectivity index (χ0n) is 11.9. The first-order chi connectivity index (χ1) is 10.1. The van der Waals surface area contributed by atoms with Crippen LogP contribution in [0.1, 0.15) is 23.2 Å². The van der Waals surface area contributed by atoms with Gasteiger partial charge in [-0.15, -0.1) is 0 Å². The van der Waals surface area contributed by atoms with E-state index < -0.39 is 17.6 Å². The lowest BCUT2D eigenvalue weighted by molar-refractivity contribution is 0.0594. The van der Waals surface area contributed by atoms with Crippen LogP contribution in [0.4, 0.5) is 14.5 Å². The molecule has 3 heterocycles. The van der Waals surface area contributed by atoms with Gasteiger partial charge in [0.05, 0.1) is 18.4 Å². The number of methoxy groups -OCH3 is 1. The van der Waals surface area contributed by atoms with E-state index in [4.69, 9.17) is 0 Å². The molecule has 114 valence electrons. The molecule has 1 aromatic rings. The van der Waals surface area contributed by atoms with Crippen molar-refractivity contribution in [3.05, 3.63) is 29.3 Å². The highest BCUT2D eigenvalue weighted by molar-refractivity contribution is 5.90. The molecule has 1 atom stereocenters. The van der Waals surface area contributed by atoms with E-state index in [1.165, 1.54) is 12.1 Å². The lowest BCUT2D eigenvalue weighted by atomic mass is 9.84. The van der Waals surface area contributed by atoms with Crippen LogP contribution in [0.25, 0.3) is 0 Å². The van der Waals surface area contributed by atoms with Crippen LogP contribution in [-0.4, -0.2) is 43.7 Å². The topological polar surface area (TPSA) is 41.6 Å². The van der Waals surface area contributed by atoms with Crippen molar-refractivity contribution in [2.45, 2.75) is 18.9 Å². The van der Waals surface area contributed by atoms with Gasteiger partial charge in [-0.2, -0.15) is 0 Å². The second-order valence-electron chi connectivity index (χ2n) is 5.67. The fourth-order valence-corrected chi connectivity index (χ4v) is 3.26. The van der Waals surface area contributed by atoms with Crippen LogP contribution in [-0.2, 0) is 4.74 Å². The van der Waals surface area contributed by atoms with Gasteiger partial charge in [-0.3, -0.25) is 0 Å². The largest absolute Gasteiger partial charge is 0.465 e. The Labute approximate surface area is 122 Å². The third kappa shape index (κ3) is 2.60. The molecule has 0 aliphatic carbocycles. The van der Waals surface area contributed by atoms with E-state index in [-0.39, 0.29) is 17.3 Å². The first kappa shape index (κ1) is 14.3. The van der Waals surface area contributed by atoms with E-state index in [2.05, 4.69) is 15.0 Å². The van der Waals surface area contributed by atoms with Crippen molar-refractivity contribution in [3.63, 3.8) is 0 Å². The van der Waals surface area contributed by atoms with Crippen LogP contribution in [0.3, 0.4) is 0 Å². The minimum Gasteiger partial charge on any atom is -0.465 e. The molecular formula is C15H18F2N2O2. The first-order valence-electron chi connectivity index (χ1n) is 7.15. The molecular weight excluding hydrogens is 278 g/mol. The maximum Gasteiger partial charge on any atom is 0.340 e. The van der Waals surface area contributed by atoms with Gasteiger partial charge in [-0.1, -0.05) is 0 Å². The predicted octanol–water partition coefficient (Wildman–Crippen LogP) is 2.26. The number of hydrogen-bond donors (Lipinski definition) is 1. The number of carbonyl (C=O) groups is 1. The summed E-state index contributed by atoms with van der Waals surface area (Å²) in [6, 6.07) is 2.79. The quantitative estimate of drug-likeness (QED) is 0.869. The number of hydrogen-bond acceptors (Lipinski definition) is 4. The Morgan fingerprint density at radius 1 is 1.29 bits per heavy atom. The summed E-state index contributed by atoms with van der Waals surface area (Å²) in [5.41, 5.74) is -0.270. The highest BCUT2D eigenvalue weighted by Crippen LogP contribution is 2.31. The van der Waals surface area contributed by atoms with Gasteiger partial charge in [0, 0.05) is 12.6 Å². The molecule has 3 aliphatic rings. The molecule has 4 nitrogen and oxygen atoms in total. The van der Waals surface area contributed by atoms with Crippen LogP contribution in [0.5, 0.6) is 0 Å². The summed E-state index contributed by atoms with van der Waals surface area (Å²) in [6.07, 6.45) is 2.17. The van der Waals surface area contributed by atoms with Crippen LogP contribution in [0.2, 0.25) is 0 Å². The lowest BCUT2D eigenvalue weighted by Gasteiger charge is -2.45. The fourth-order valence-electron chi connectivity index (χ4n) is 3.26. The number of esters is 1. The van der Waals surface area contributed by atoms with Crippen molar-refractivity contribution in [1.29, 1.82) is 0 Å². The number of nitrogens with one attached hydrogen (secondary N) is 1. The van der Waals surface area contributed by atoms with Crippen molar-refractivity contribution in [2.24, 2.45) is 5.92 Å². The number of halogens is 2. The Kier molecular flexibility index (Phi) is 3.80. The second kappa shape index (κ2) is 5.60. The molecule has 0 spiro atoms. The molecule has 0 aromatic heterocycles. The maximum absolute atomic E-state index is 14.1. The summed E-state index contributed by atoms with van der Waals surface area (Å²) in [5.74, 6) is -2.55. The maximum atomic E-state index is 14.1. The molecule has 1 unspecified atom stereocenters. The van der Waals surface area contributed by atoms with Gasteiger partial charge >= 0.3 is 5.97 Å². The number of anilines is 1. The van der Waals surface area contributed by atoms with Crippen LogP contribution >= 0.6 is 0 Å². The molecule has 0 amide bonds. The average Bonchev–Trinajstić information content (AvgIpc) is 2.52. The van der Waals surface area contributed by atoms with Crippen LogP contribution in [0.15, 0.2) is 12.1 Å². The Bertz CT molecular complexity index is 557. The number of ether oxygens (including phenoxy) is 1. The molecule has 1 aromatic carbocycles. The minimum absolute atomic E-state index is 0.110. The van der Waals surface area contributed by atoms with Crippen LogP contribution < -0.4 is 5.32 Å². The molecule has 3 saturated heterocycles. The molecule has 6 heteroatoms. The molecule has 1 N–H and O–H groups in total. The number of nitrogens with zero attached hydrogens (tertiary/aromatic N) is 1. The van der Waals surface area contributed by atoms with E-state index in [0.717, 1.165) is 39.6 Å². The molecule has 0 saturated carbocycles. The summed E-state index contributed by atoms with van der Waals surface area (Å²) < 4.78 is 32.4. The van der Waals surface area contributed by atoms with E-state index in [1.807, 2.05) is 0 Å². The third-order valence-electron chi connectivity index (χ3n) is 4.48. The number of fused-ring (bicyclic) bond motifs is 3. The second-order valence-corrected chi connectivity index (χ2v) is 5.67. The van der Waals surface area contributed by atoms with Gasteiger partial charge in [-0.25, -0.2) is 13.6 Å². The van der Waals surface area contributed by atoms with E-state index in [0.29, 0.717) is 5.92 Å². The fraction of sp³-hybridized carbons (Fsp3) is 0.533. The molecule has 21 heavy (non-hydrogen) atoms. The number of benzene rings is 1. The minimum atomic E-state index is -1.16. The van der Waals surface area contributed by atoms with Gasteiger partial charge < -0.3 is 15.0 Å². The number of piperidine rings is 3. The van der Waals surface area contributed by atoms with Crippen molar-refractivity contribution < 1.29 is 18.3 Å². The molecule has 3 aliphatic heterocycles. The number of rotatable bonds is 3. The van der Waals surface area contributed by atoms with Gasteiger partial charge in [0.2, 0.25) is 0 Å². The summed E-state index contributed by atoms with van der Waals surface area (Å²) in [7, 11) is 1.14. The lowest BCUT2D eigenvalue weighted by Crippen LogP contribution is -2.53. The Hall–Kier alpha value is -1.69. The molecule has 4 rings (SSSR count). The van der Waals surface area contributed by atoms with Crippen LogP contribution in [0, 0.1) is 17.6 Å². The predicted molar refractivity (Wildman–Crippen MR) is 74.3 cm³/mol.